The van der Waals surface area contributed by atoms with Gasteiger partial charge >= 0.3 is 0 Å². The first kappa shape index (κ1) is 18.3. The van der Waals surface area contributed by atoms with E-state index in [-0.39, 0.29) is 5.91 Å². The molecule has 1 unspecified atom stereocenters. The lowest BCUT2D eigenvalue weighted by Gasteiger charge is -2.30. The van der Waals surface area contributed by atoms with Crippen LogP contribution in [-0.4, -0.2) is 61.4 Å². The van der Waals surface area contributed by atoms with Crippen molar-refractivity contribution >= 4 is 33.8 Å². The molecule has 0 fully saturated rings. The van der Waals surface area contributed by atoms with E-state index in [0.717, 1.165) is 17.6 Å². The molecule has 9 nitrogen and oxygen atoms in total. The summed E-state index contributed by atoms with van der Waals surface area (Å²) in [7, 11) is 0. The molecule has 0 spiro atoms. The smallest absolute Gasteiger partial charge is 0.252 e. The van der Waals surface area contributed by atoms with Crippen LogP contribution in [-0.2, 0) is 17.8 Å². The van der Waals surface area contributed by atoms with Crippen molar-refractivity contribution in [2.45, 2.75) is 19.0 Å². The second-order valence-electron chi connectivity index (χ2n) is 7.37. The summed E-state index contributed by atoms with van der Waals surface area (Å²) in [5, 5.41) is 24.0. The summed E-state index contributed by atoms with van der Waals surface area (Å²) in [5.74, 6) is -0.756. The molecular formula is C21H20N6O3. The minimum absolute atomic E-state index is 0.308. The molecule has 1 aliphatic rings. The number of amides is 2. The summed E-state index contributed by atoms with van der Waals surface area (Å²) in [6.07, 6.45) is 0.722. The standard InChI is InChI=1S/C21H20N6O3/c28-11-19(23-20(29)12-5-6-16-17(9-12)25-26-24-16)21(30)27-8-7-14-13-3-1-2-4-15(13)22-18(14)10-27/h1-6,9,19,22,28H,7-8,10-11H2,(H,23,29)(H,24,25,26). The van der Waals surface area contributed by atoms with Gasteiger partial charge in [-0.25, -0.2) is 0 Å². The number of hydrogen-bond acceptors (Lipinski definition) is 5. The fraction of sp³-hybridized carbons (Fsp3) is 0.238. The van der Waals surface area contributed by atoms with Crippen LogP contribution >= 0.6 is 0 Å². The van der Waals surface area contributed by atoms with Gasteiger partial charge in [0, 0.05) is 28.7 Å². The number of para-hydroxylation sites is 1. The van der Waals surface area contributed by atoms with Crippen molar-refractivity contribution in [2.75, 3.05) is 13.2 Å². The lowest BCUT2D eigenvalue weighted by atomic mass is 10.0. The highest BCUT2D eigenvalue weighted by Crippen LogP contribution is 2.27. The second kappa shape index (κ2) is 7.27. The number of hydrogen-bond donors (Lipinski definition) is 4. The third kappa shape index (κ3) is 3.09. The maximum absolute atomic E-state index is 13.0. The van der Waals surface area contributed by atoms with E-state index in [1.807, 2.05) is 18.2 Å². The zero-order chi connectivity index (χ0) is 20.7. The number of fused-ring (bicyclic) bond motifs is 4. The highest BCUT2D eigenvalue weighted by molar-refractivity contribution is 5.99. The molecule has 1 aliphatic heterocycles. The van der Waals surface area contributed by atoms with E-state index in [4.69, 9.17) is 0 Å². The van der Waals surface area contributed by atoms with Crippen molar-refractivity contribution in [1.82, 2.24) is 30.6 Å². The monoisotopic (exact) mass is 404 g/mol. The number of nitrogens with one attached hydrogen (secondary N) is 3. The summed E-state index contributed by atoms with van der Waals surface area (Å²) in [5.41, 5.74) is 4.81. The molecule has 5 rings (SSSR count). The SMILES string of the molecule is O=C(NC(CO)C(=O)N1CCc2c([nH]c3ccccc23)C1)c1ccc2n[nH]nc2c1. The Hall–Kier alpha value is -3.72. The fourth-order valence-electron chi connectivity index (χ4n) is 4.01. The Kier molecular flexibility index (Phi) is 4.44. The Morgan fingerprint density at radius 2 is 2.00 bits per heavy atom. The summed E-state index contributed by atoms with van der Waals surface area (Å²) < 4.78 is 0. The van der Waals surface area contributed by atoms with Crippen LogP contribution in [0.1, 0.15) is 21.6 Å². The maximum atomic E-state index is 13.0. The van der Waals surface area contributed by atoms with Crippen molar-refractivity contribution < 1.29 is 14.7 Å². The minimum atomic E-state index is -1.02. The van der Waals surface area contributed by atoms with Gasteiger partial charge in [0.15, 0.2) is 0 Å². The molecular weight excluding hydrogens is 384 g/mol. The van der Waals surface area contributed by atoms with Crippen LogP contribution in [0.5, 0.6) is 0 Å². The quantitative estimate of drug-likeness (QED) is 0.405. The zero-order valence-electron chi connectivity index (χ0n) is 16.1. The zero-order valence-corrected chi connectivity index (χ0v) is 16.1. The molecule has 0 radical (unpaired) electrons. The number of carbonyl (C=O) groups is 2. The Morgan fingerprint density at radius 3 is 2.87 bits per heavy atom. The van der Waals surface area contributed by atoms with Gasteiger partial charge in [-0.2, -0.15) is 15.4 Å². The van der Waals surface area contributed by atoms with Crippen LogP contribution < -0.4 is 5.32 Å². The van der Waals surface area contributed by atoms with Gasteiger partial charge in [0.25, 0.3) is 5.91 Å². The molecule has 0 saturated heterocycles. The van der Waals surface area contributed by atoms with Gasteiger partial charge in [-0.15, -0.1) is 0 Å². The molecule has 1 atom stereocenters. The van der Waals surface area contributed by atoms with Crippen molar-refractivity contribution in [1.29, 1.82) is 0 Å². The average Bonchev–Trinajstić information content (AvgIpc) is 3.39. The Bertz CT molecular complexity index is 1260. The molecule has 2 aromatic carbocycles. The minimum Gasteiger partial charge on any atom is -0.394 e. The summed E-state index contributed by atoms with van der Waals surface area (Å²) in [4.78, 5) is 30.7. The molecule has 3 heterocycles. The summed E-state index contributed by atoms with van der Waals surface area (Å²) in [6, 6.07) is 11.9. The molecule has 9 heteroatoms. The molecule has 152 valence electrons. The van der Waals surface area contributed by atoms with Gasteiger partial charge in [-0.3, -0.25) is 9.59 Å². The predicted molar refractivity (Wildman–Crippen MR) is 110 cm³/mol. The number of aromatic nitrogens is 4. The van der Waals surface area contributed by atoms with Gasteiger partial charge in [0.05, 0.1) is 13.2 Å². The van der Waals surface area contributed by atoms with E-state index in [1.54, 1.807) is 23.1 Å². The molecule has 0 saturated carbocycles. The first-order valence-corrected chi connectivity index (χ1v) is 9.73. The molecule has 2 aromatic heterocycles. The van der Waals surface area contributed by atoms with Gasteiger partial charge in [-0.1, -0.05) is 18.2 Å². The van der Waals surface area contributed by atoms with E-state index in [9.17, 15) is 14.7 Å². The van der Waals surface area contributed by atoms with E-state index < -0.39 is 18.6 Å². The van der Waals surface area contributed by atoms with Crippen molar-refractivity contribution in [2.24, 2.45) is 0 Å². The normalized spacial score (nSPS) is 14.6. The van der Waals surface area contributed by atoms with Crippen LogP contribution in [0.25, 0.3) is 21.9 Å². The highest BCUT2D eigenvalue weighted by Gasteiger charge is 2.29. The summed E-state index contributed by atoms with van der Waals surface area (Å²) >= 11 is 0. The molecule has 4 aromatic rings. The Morgan fingerprint density at radius 1 is 1.17 bits per heavy atom. The average molecular weight is 404 g/mol. The second-order valence-corrected chi connectivity index (χ2v) is 7.37. The topological polar surface area (TPSA) is 127 Å². The van der Waals surface area contributed by atoms with Crippen molar-refractivity contribution in [3.8, 4) is 0 Å². The highest BCUT2D eigenvalue weighted by atomic mass is 16.3. The molecule has 4 N–H and O–H groups in total. The van der Waals surface area contributed by atoms with Gasteiger partial charge in [0.1, 0.15) is 17.1 Å². The number of aliphatic hydroxyl groups is 1. The number of aliphatic hydroxyl groups excluding tert-OH is 1. The predicted octanol–water partition coefficient (Wildman–Crippen LogP) is 1.11. The first-order valence-electron chi connectivity index (χ1n) is 9.73. The van der Waals surface area contributed by atoms with E-state index in [2.05, 4.69) is 31.8 Å². The number of nitrogens with zero attached hydrogens (tertiary/aromatic N) is 3. The van der Waals surface area contributed by atoms with Crippen LogP contribution in [0, 0.1) is 0 Å². The van der Waals surface area contributed by atoms with Crippen molar-refractivity contribution in [3.05, 3.63) is 59.3 Å². The molecule has 2 amide bonds. The van der Waals surface area contributed by atoms with E-state index >= 15 is 0 Å². The number of benzene rings is 2. The van der Waals surface area contributed by atoms with Gasteiger partial charge in [-0.05, 0) is 36.2 Å². The van der Waals surface area contributed by atoms with Crippen LogP contribution in [0.4, 0.5) is 0 Å². The van der Waals surface area contributed by atoms with Crippen LogP contribution in [0.2, 0.25) is 0 Å². The fourth-order valence-corrected chi connectivity index (χ4v) is 4.01. The van der Waals surface area contributed by atoms with Gasteiger partial charge < -0.3 is 20.3 Å². The lowest BCUT2D eigenvalue weighted by molar-refractivity contribution is -0.135. The van der Waals surface area contributed by atoms with E-state index in [0.29, 0.717) is 29.7 Å². The van der Waals surface area contributed by atoms with Crippen molar-refractivity contribution in [3.63, 3.8) is 0 Å². The number of carbonyl (C=O) groups excluding carboxylic acids is 2. The largest absolute Gasteiger partial charge is 0.394 e. The number of H-pyrrole nitrogens is 2. The Balaban J connectivity index is 1.32. The Labute approximate surface area is 171 Å². The van der Waals surface area contributed by atoms with Gasteiger partial charge in [0.2, 0.25) is 5.91 Å². The molecule has 0 aliphatic carbocycles. The number of rotatable bonds is 4. The lowest BCUT2D eigenvalue weighted by Crippen LogP contribution is -2.51. The number of aromatic amines is 2. The third-order valence-electron chi connectivity index (χ3n) is 5.56. The van der Waals surface area contributed by atoms with Crippen LogP contribution in [0.3, 0.4) is 0 Å². The first-order chi connectivity index (χ1) is 14.6. The third-order valence-corrected chi connectivity index (χ3v) is 5.56. The molecule has 0 bridgehead atoms. The maximum Gasteiger partial charge on any atom is 0.252 e. The summed E-state index contributed by atoms with van der Waals surface area (Å²) in [6.45, 7) is 0.470. The van der Waals surface area contributed by atoms with Crippen LogP contribution in [0.15, 0.2) is 42.5 Å². The molecule has 30 heavy (non-hydrogen) atoms. The van der Waals surface area contributed by atoms with E-state index in [1.165, 1.54) is 10.9 Å².